The summed E-state index contributed by atoms with van der Waals surface area (Å²) in [6.07, 6.45) is 0.649. The monoisotopic (exact) mass is 348 g/mol. The smallest absolute Gasteiger partial charge is 0.235 e. The molecule has 1 unspecified atom stereocenters. The molecule has 3 rings (SSSR count). The van der Waals surface area contributed by atoms with E-state index in [0.717, 1.165) is 21.3 Å². The zero-order chi connectivity index (χ0) is 15.0. The molecule has 0 fully saturated rings. The van der Waals surface area contributed by atoms with Crippen LogP contribution in [0.25, 0.3) is 0 Å². The van der Waals surface area contributed by atoms with E-state index in [1.54, 1.807) is 6.07 Å². The highest BCUT2D eigenvalue weighted by molar-refractivity contribution is 9.10. The number of hydrazine groups is 1. The average molecular weight is 349 g/mol. The summed E-state index contributed by atoms with van der Waals surface area (Å²) in [6, 6.07) is 12.5. The van der Waals surface area contributed by atoms with E-state index in [1.807, 2.05) is 29.3 Å². The fourth-order valence-electron chi connectivity index (χ4n) is 2.72. The SMILES string of the molecule is CC(=O)NN1c2ccc(F)cc2CC1c1ccccc1Br. The average Bonchev–Trinajstić information content (AvgIpc) is 2.76. The van der Waals surface area contributed by atoms with Gasteiger partial charge in [0.25, 0.3) is 0 Å². The third-order valence-corrected chi connectivity index (χ3v) is 4.29. The van der Waals surface area contributed by atoms with Crippen LogP contribution in [0, 0.1) is 5.82 Å². The van der Waals surface area contributed by atoms with Crippen LogP contribution in [-0.4, -0.2) is 5.91 Å². The highest BCUT2D eigenvalue weighted by Crippen LogP contribution is 2.41. The van der Waals surface area contributed by atoms with Crippen LogP contribution < -0.4 is 10.4 Å². The third kappa shape index (κ3) is 2.65. The molecular weight excluding hydrogens is 335 g/mol. The summed E-state index contributed by atoms with van der Waals surface area (Å²) < 4.78 is 14.4. The van der Waals surface area contributed by atoms with Gasteiger partial charge in [-0.25, -0.2) is 4.39 Å². The van der Waals surface area contributed by atoms with Crippen molar-refractivity contribution in [3.8, 4) is 0 Å². The van der Waals surface area contributed by atoms with Gasteiger partial charge in [-0.05, 0) is 35.4 Å². The van der Waals surface area contributed by atoms with Crippen LogP contribution in [0.1, 0.15) is 24.1 Å². The van der Waals surface area contributed by atoms with Gasteiger partial charge in [0.15, 0.2) is 0 Å². The van der Waals surface area contributed by atoms with E-state index in [-0.39, 0.29) is 17.8 Å². The van der Waals surface area contributed by atoms with Crippen LogP contribution in [0.15, 0.2) is 46.9 Å². The highest BCUT2D eigenvalue weighted by atomic mass is 79.9. The number of hydrogen-bond donors (Lipinski definition) is 1. The van der Waals surface area contributed by atoms with Crippen LogP contribution in [0.4, 0.5) is 10.1 Å². The van der Waals surface area contributed by atoms with Gasteiger partial charge >= 0.3 is 0 Å². The zero-order valence-corrected chi connectivity index (χ0v) is 13.0. The summed E-state index contributed by atoms with van der Waals surface area (Å²) in [5.41, 5.74) is 5.64. The van der Waals surface area contributed by atoms with Crippen molar-refractivity contribution < 1.29 is 9.18 Å². The molecule has 3 nitrogen and oxygen atoms in total. The predicted octanol–water partition coefficient (Wildman–Crippen LogP) is 3.74. The maximum atomic E-state index is 13.4. The van der Waals surface area contributed by atoms with Crippen molar-refractivity contribution in [1.82, 2.24) is 5.43 Å². The number of amides is 1. The van der Waals surface area contributed by atoms with Gasteiger partial charge in [-0.2, -0.15) is 0 Å². The normalized spacial score (nSPS) is 16.7. The number of hydrogen-bond acceptors (Lipinski definition) is 2. The minimum Gasteiger partial charge on any atom is -0.277 e. The lowest BCUT2D eigenvalue weighted by atomic mass is 10.0. The third-order valence-electron chi connectivity index (χ3n) is 3.57. The molecule has 1 aliphatic heterocycles. The van der Waals surface area contributed by atoms with Gasteiger partial charge in [-0.15, -0.1) is 0 Å². The number of halogens is 2. The van der Waals surface area contributed by atoms with Gasteiger partial charge in [0, 0.05) is 17.8 Å². The molecule has 0 bridgehead atoms. The number of nitrogens with zero attached hydrogens (tertiary/aromatic N) is 1. The summed E-state index contributed by atoms with van der Waals surface area (Å²) in [4.78, 5) is 11.5. The molecule has 1 atom stereocenters. The van der Waals surface area contributed by atoms with E-state index in [0.29, 0.717) is 6.42 Å². The van der Waals surface area contributed by atoms with Crippen LogP contribution in [-0.2, 0) is 11.2 Å². The standard InChI is InChI=1S/C16H14BrFN2O/c1-10(21)19-20-15-7-6-12(18)8-11(15)9-16(20)13-4-2-3-5-14(13)17/h2-8,16H,9H2,1H3,(H,19,21). The van der Waals surface area contributed by atoms with Gasteiger partial charge in [0.2, 0.25) is 5.91 Å². The van der Waals surface area contributed by atoms with Crippen molar-refractivity contribution in [1.29, 1.82) is 0 Å². The Balaban J connectivity index is 2.05. The molecule has 1 heterocycles. The van der Waals surface area contributed by atoms with Gasteiger partial charge < -0.3 is 0 Å². The largest absolute Gasteiger partial charge is 0.277 e. The van der Waals surface area contributed by atoms with Crippen LogP contribution >= 0.6 is 15.9 Å². The number of carbonyl (C=O) groups excluding carboxylic acids is 1. The Kier molecular flexibility index (Phi) is 3.68. The second-order valence-electron chi connectivity index (χ2n) is 5.05. The Morgan fingerprint density at radius 3 is 2.81 bits per heavy atom. The lowest BCUT2D eigenvalue weighted by molar-refractivity contribution is -0.119. The first-order chi connectivity index (χ1) is 10.1. The lowest BCUT2D eigenvalue weighted by Gasteiger charge is -2.28. The first kappa shape index (κ1) is 14.1. The number of nitrogens with one attached hydrogen (secondary N) is 1. The molecular formula is C16H14BrFN2O. The molecule has 0 saturated carbocycles. The summed E-state index contributed by atoms with van der Waals surface area (Å²) in [7, 11) is 0. The summed E-state index contributed by atoms with van der Waals surface area (Å²) in [5, 5.41) is 1.82. The number of carbonyl (C=O) groups is 1. The Hall–Kier alpha value is -1.88. The van der Waals surface area contributed by atoms with E-state index < -0.39 is 0 Å². The van der Waals surface area contributed by atoms with E-state index in [9.17, 15) is 9.18 Å². The maximum absolute atomic E-state index is 13.4. The molecule has 0 aromatic heterocycles. The Bertz CT molecular complexity index is 704. The van der Waals surface area contributed by atoms with Crippen molar-refractivity contribution in [2.24, 2.45) is 0 Å². The Morgan fingerprint density at radius 2 is 2.10 bits per heavy atom. The second-order valence-corrected chi connectivity index (χ2v) is 5.91. The topological polar surface area (TPSA) is 32.3 Å². The van der Waals surface area contributed by atoms with E-state index in [4.69, 9.17) is 0 Å². The fraction of sp³-hybridized carbons (Fsp3) is 0.188. The Morgan fingerprint density at radius 1 is 1.33 bits per heavy atom. The summed E-state index contributed by atoms with van der Waals surface area (Å²) in [6.45, 7) is 1.47. The predicted molar refractivity (Wildman–Crippen MR) is 83.3 cm³/mol. The first-order valence-electron chi connectivity index (χ1n) is 6.65. The van der Waals surface area contributed by atoms with Gasteiger partial charge in [-0.3, -0.25) is 15.2 Å². The molecule has 2 aromatic rings. The fourth-order valence-corrected chi connectivity index (χ4v) is 3.27. The second kappa shape index (κ2) is 5.48. The molecule has 108 valence electrons. The molecule has 2 aromatic carbocycles. The molecule has 1 aliphatic rings. The summed E-state index contributed by atoms with van der Waals surface area (Å²) >= 11 is 3.55. The number of rotatable bonds is 2. The van der Waals surface area contributed by atoms with E-state index in [2.05, 4.69) is 21.4 Å². The van der Waals surface area contributed by atoms with Crippen molar-refractivity contribution in [3.63, 3.8) is 0 Å². The zero-order valence-electron chi connectivity index (χ0n) is 11.4. The van der Waals surface area contributed by atoms with Gasteiger partial charge in [0.05, 0.1) is 11.7 Å². The van der Waals surface area contributed by atoms with Crippen molar-refractivity contribution in [2.45, 2.75) is 19.4 Å². The number of benzene rings is 2. The molecule has 5 heteroatoms. The van der Waals surface area contributed by atoms with E-state index in [1.165, 1.54) is 19.1 Å². The van der Waals surface area contributed by atoms with Gasteiger partial charge in [-0.1, -0.05) is 34.1 Å². The molecule has 0 radical (unpaired) electrons. The quantitative estimate of drug-likeness (QED) is 0.896. The maximum Gasteiger partial charge on any atom is 0.235 e. The van der Waals surface area contributed by atoms with Gasteiger partial charge in [0.1, 0.15) is 5.82 Å². The molecule has 1 N–H and O–H groups in total. The lowest BCUT2D eigenvalue weighted by Crippen LogP contribution is -2.41. The molecule has 21 heavy (non-hydrogen) atoms. The molecule has 0 aliphatic carbocycles. The minimum absolute atomic E-state index is 0.0544. The van der Waals surface area contributed by atoms with Crippen LogP contribution in [0.2, 0.25) is 0 Å². The summed E-state index contributed by atoms with van der Waals surface area (Å²) in [5.74, 6) is -0.409. The molecule has 1 amide bonds. The highest BCUT2D eigenvalue weighted by Gasteiger charge is 2.32. The van der Waals surface area contributed by atoms with Crippen molar-refractivity contribution in [2.75, 3.05) is 5.01 Å². The van der Waals surface area contributed by atoms with Crippen molar-refractivity contribution >= 4 is 27.5 Å². The Labute approximate surface area is 130 Å². The van der Waals surface area contributed by atoms with Crippen molar-refractivity contribution in [3.05, 3.63) is 63.9 Å². The molecule has 0 spiro atoms. The minimum atomic E-state index is -0.260. The van der Waals surface area contributed by atoms with E-state index >= 15 is 0 Å². The number of fused-ring (bicyclic) bond motifs is 1. The van der Waals surface area contributed by atoms with Crippen LogP contribution in [0.5, 0.6) is 0 Å². The molecule has 0 saturated heterocycles. The number of anilines is 1. The van der Waals surface area contributed by atoms with Crippen LogP contribution in [0.3, 0.4) is 0 Å². The first-order valence-corrected chi connectivity index (χ1v) is 7.45.